The number of rotatable bonds is 8. The first-order chi connectivity index (χ1) is 20.3. The number of nitrogens with zero attached hydrogens (tertiary/aromatic N) is 7. The molecule has 2 amide bonds. The number of benzene rings is 1. The third-order valence-electron chi connectivity index (χ3n) is 7.13. The number of likely N-dealkylation sites (tertiary alicyclic amines) is 1. The van der Waals surface area contributed by atoms with E-state index in [0.717, 1.165) is 29.1 Å². The van der Waals surface area contributed by atoms with Gasteiger partial charge in [-0.25, -0.2) is 19.4 Å². The number of amides is 2. The Kier molecular flexibility index (Phi) is 7.25. The summed E-state index contributed by atoms with van der Waals surface area (Å²) < 4.78 is 7.61. The van der Waals surface area contributed by atoms with Gasteiger partial charge >= 0.3 is 6.09 Å². The Bertz CT molecular complexity index is 1720. The maximum atomic E-state index is 13.9. The second-order valence-corrected chi connectivity index (χ2v) is 11.3. The Morgan fingerprint density at radius 3 is 2.71 bits per heavy atom. The summed E-state index contributed by atoms with van der Waals surface area (Å²) in [6, 6.07) is 14.4. The lowest BCUT2D eigenvalue weighted by molar-refractivity contribution is 0.0735. The molecule has 0 saturated carbocycles. The molecule has 0 radical (unpaired) electrons. The summed E-state index contributed by atoms with van der Waals surface area (Å²) in [5, 5.41) is 27.7. The molecule has 2 atom stereocenters. The smallest absolute Gasteiger partial charge is 0.405 e. The zero-order chi connectivity index (χ0) is 29.3. The number of carboxylic acid groups (broad SMARTS) is 1. The van der Waals surface area contributed by atoms with Gasteiger partial charge in [0, 0.05) is 42.0 Å². The maximum absolute atomic E-state index is 13.9. The average molecular weight is 585 g/mol. The van der Waals surface area contributed by atoms with Crippen LogP contribution in [0.15, 0.2) is 70.7 Å². The molecule has 6 rings (SSSR count). The van der Waals surface area contributed by atoms with Crippen LogP contribution >= 0.6 is 11.3 Å². The first kappa shape index (κ1) is 27.3. The standard InChI is InChI=1S/C29H28N8O4S/c1-18-17-42-25(31-18)22-10-6-12-36(22)26(38)20-14-21(32-23(15-20)37-13-7-11-30-37)24-34-35-27(41-24)29(2,33-28(39)40)16-19-8-4-3-5-9-19/h3-5,7-9,11,13-15,17,22,33H,6,10,12,16H2,1-2H3,(H,39,40)/t22-,29-/m1/s1. The Morgan fingerprint density at radius 1 is 1.17 bits per heavy atom. The van der Waals surface area contributed by atoms with E-state index in [-0.39, 0.29) is 35.8 Å². The third kappa shape index (κ3) is 5.50. The summed E-state index contributed by atoms with van der Waals surface area (Å²) in [5.41, 5.74) is 1.26. The number of pyridine rings is 1. The zero-order valence-corrected chi connectivity index (χ0v) is 23.8. The summed E-state index contributed by atoms with van der Waals surface area (Å²) in [4.78, 5) is 36.8. The lowest BCUT2D eigenvalue weighted by Gasteiger charge is -2.25. The number of thiazole rings is 1. The molecule has 4 aromatic heterocycles. The van der Waals surface area contributed by atoms with E-state index in [1.54, 1.807) is 53.5 Å². The molecule has 0 unspecified atom stereocenters. The van der Waals surface area contributed by atoms with Crippen LogP contribution in [0.25, 0.3) is 17.4 Å². The van der Waals surface area contributed by atoms with Crippen LogP contribution in [0.3, 0.4) is 0 Å². The van der Waals surface area contributed by atoms with Gasteiger partial charge in [-0.05, 0) is 50.5 Å². The lowest BCUT2D eigenvalue weighted by Crippen LogP contribution is -2.44. The van der Waals surface area contributed by atoms with Gasteiger partial charge in [-0.15, -0.1) is 21.5 Å². The number of aryl methyl sites for hydroxylation is 1. The number of nitrogens with one attached hydrogen (secondary N) is 1. The molecule has 1 aliphatic rings. The van der Waals surface area contributed by atoms with Crippen molar-refractivity contribution in [3.05, 3.63) is 94.0 Å². The molecule has 5 heterocycles. The van der Waals surface area contributed by atoms with Gasteiger partial charge in [0.15, 0.2) is 5.82 Å². The van der Waals surface area contributed by atoms with E-state index in [4.69, 9.17) is 4.42 Å². The van der Waals surface area contributed by atoms with E-state index in [0.29, 0.717) is 17.9 Å². The quantitative estimate of drug-likeness (QED) is 0.262. The maximum Gasteiger partial charge on any atom is 0.405 e. The minimum atomic E-state index is -1.23. The van der Waals surface area contributed by atoms with Crippen LogP contribution in [0.2, 0.25) is 0 Å². The summed E-state index contributed by atoms with van der Waals surface area (Å²) >= 11 is 1.56. The molecule has 0 bridgehead atoms. The summed E-state index contributed by atoms with van der Waals surface area (Å²) in [5.74, 6) is 0.357. The van der Waals surface area contributed by atoms with Crippen molar-refractivity contribution in [2.45, 2.75) is 44.7 Å². The molecule has 0 aliphatic carbocycles. The molecule has 214 valence electrons. The second kappa shape index (κ2) is 11.2. The van der Waals surface area contributed by atoms with Crippen LogP contribution in [0.5, 0.6) is 0 Å². The Labute approximate surface area is 245 Å². The average Bonchev–Trinajstić information content (AvgIpc) is 3.79. The number of hydrogen-bond acceptors (Lipinski definition) is 9. The van der Waals surface area contributed by atoms with Gasteiger partial charge in [0.2, 0.25) is 5.89 Å². The highest BCUT2D eigenvalue weighted by atomic mass is 32.1. The van der Waals surface area contributed by atoms with E-state index in [9.17, 15) is 14.7 Å². The van der Waals surface area contributed by atoms with Crippen molar-refractivity contribution >= 4 is 23.3 Å². The van der Waals surface area contributed by atoms with Crippen molar-refractivity contribution in [1.29, 1.82) is 0 Å². The molecular formula is C29H28N8O4S. The largest absolute Gasteiger partial charge is 0.465 e. The van der Waals surface area contributed by atoms with Crippen molar-refractivity contribution in [1.82, 2.24) is 40.2 Å². The highest BCUT2D eigenvalue weighted by Crippen LogP contribution is 2.35. The summed E-state index contributed by atoms with van der Waals surface area (Å²) in [6.07, 6.45) is 4.11. The minimum absolute atomic E-state index is 0.0491. The van der Waals surface area contributed by atoms with Gasteiger partial charge in [-0.2, -0.15) is 5.10 Å². The fraction of sp³-hybridized carbons (Fsp3) is 0.276. The zero-order valence-electron chi connectivity index (χ0n) is 23.0. The predicted octanol–water partition coefficient (Wildman–Crippen LogP) is 4.79. The number of carbonyl (C=O) groups excluding carboxylic acids is 1. The van der Waals surface area contributed by atoms with Crippen LogP contribution in [0.4, 0.5) is 4.79 Å². The minimum Gasteiger partial charge on any atom is -0.465 e. The van der Waals surface area contributed by atoms with E-state index in [1.165, 1.54) is 0 Å². The summed E-state index contributed by atoms with van der Waals surface area (Å²) in [7, 11) is 0. The Balaban J connectivity index is 1.37. The van der Waals surface area contributed by atoms with Crippen molar-refractivity contribution in [2.75, 3.05) is 6.54 Å². The molecule has 1 aromatic carbocycles. The van der Waals surface area contributed by atoms with Crippen LogP contribution in [0, 0.1) is 6.92 Å². The molecule has 5 aromatic rings. The van der Waals surface area contributed by atoms with Gasteiger partial charge in [0.1, 0.15) is 16.2 Å². The molecule has 1 aliphatic heterocycles. The van der Waals surface area contributed by atoms with Crippen molar-refractivity contribution in [3.8, 4) is 17.4 Å². The van der Waals surface area contributed by atoms with Crippen LogP contribution in [-0.4, -0.2) is 58.5 Å². The summed E-state index contributed by atoms with van der Waals surface area (Å²) in [6.45, 7) is 4.24. The number of aromatic nitrogens is 6. The molecule has 12 nitrogen and oxygen atoms in total. The predicted molar refractivity (Wildman–Crippen MR) is 153 cm³/mol. The molecule has 1 fully saturated rings. The van der Waals surface area contributed by atoms with Gasteiger partial charge in [-0.1, -0.05) is 30.3 Å². The van der Waals surface area contributed by atoms with E-state index < -0.39 is 11.6 Å². The fourth-order valence-electron chi connectivity index (χ4n) is 5.19. The fourth-order valence-corrected chi connectivity index (χ4v) is 6.13. The Morgan fingerprint density at radius 2 is 2.00 bits per heavy atom. The van der Waals surface area contributed by atoms with Crippen molar-refractivity contribution in [3.63, 3.8) is 0 Å². The molecule has 1 saturated heterocycles. The monoisotopic (exact) mass is 584 g/mol. The first-order valence-corrected chi connectivity index (χ1v) is 14.3. The van der Waals surface area contributed by atoms with Crippen molar-refractivity contribution in [2.24, 2.45) is 0 Å². The normalized spacial score (nSPS) is 16.3. The van der Waals surface area contributed by atoms with E-state index in [1.807, 2.05) is 47.5 Å². The number of hydrogen-bond donors (Lipinski definition) is 2. The van der Waals surface area contributed by atoms with Gasteiger partial charge < -0.3 is 19.7 Å². The highest BCUT2D eigenvalue weighted by Gasteiger charge is 2.36. The van der Waals surface area contributed by atoms with Crippen LogP contribution < -0.4 is 5.32 Å². The van der Waals surface area contributed by atoms with Crippen LogP contribution in [-0.2, 0) is 12.0 Å². The van der Waals surface area contributed by atoms with Gasteiger partial charge in [0.25, 0.3) is 11.8 Å². The van der Waals surface area contributed by atoms with Gasteiger partial charge in [-0.3, -0.25) is 4.79 Å². The topological polar surface area (TPSA) is 152 Å². The number of carbonyl (C=O) groups is 2. The lowest BCUT2D eigenvalue weighted by atomic mass is 9.93. The Hall–Kier alpha value is -4.91. The van der Waals surface area contributed by atoms with Crippen molar-refractivity contribution < 1.29 is 19.1 Å². The van der Waals surface area contributed by atoms with E-state index in [2.05, 4.69) is 30.6 Å². The SMILES string of the molecule is Cc1csc([C@H]2CCCN2C(=O)c2cc(-c3nnc([C@@](C)(Cc4ccccc4)NC(=O)O)o3)nc(-n3cccn3)c2)n1. The molecule has 2 N–H and O–H groups in total. The molecule has 0 spiro atoms. The first-order valence-electron chi connectivity index (χ1n) is 13.4. The van der Waals surface area contributed by atoms with Gasteiger partial charge in [0.05, 0.1) is 6.04 Å². The van der Waals surface area contributed by atoms with Crippen LogP contribution in [0.1, 0.15) is 58.3 Å². The molecular weight excluding hydrogens is 556 g/mol. The third-order valence-corrected chi connectivity index (χ3v) is 8.20. The molecule has 42 heavy (non-hydrogen) atoms. The highest BCUT2D eigenvalue weighted by molar-refractivity contribution is 7.09. The second-order valence-electron chi connectivity index (χ2n) is 10.4. The molecule has 13 heteroatoms. The van der Waals surface area contributed by atoms with E-state index >= 15 is 0 Å².